The number of hydrogen-bond acceptors (Lipinski definition) is 2. The van der Waals surface area contributed by atoms with Crippen molar-refractivity contribution in [2.24, 2.45) is 5.92 Å². The number of carbonyl (C=O) groups is 1. The van der Waals surface area contributed by atoms with Crippen LogP contribution in [0.5, 0.6) is 0 Å². The lowest BCUT2D eigenvalue weighted by Crippen LogP contribution is -2.50. The molecule has 19 heavy (non-hydrogen) atoms. The van der Waals surface area contributed by atoms with Crippen molar-refractivity contribution in [3.8, 4) is 0 Å². The summed E-state index contributed by atoms with van der Waals surface area (Å²) in [4.78, 5) is 14.8. The maximum absolute atomic E-state index is 12.7. The summed E-state index contributed by atoms with van der Waals surface area (Å²) in [6.45, 7) is 0. The summed E-state index contributed by atoms with van der Waals surface area (Å²) in [5.74, 6) is 0.758. The van der Waals surface area contributed by atoms with Crippen LogP contribution in [0.4, 0.5) is 0 Å². The predicted molar refractivity (Wildman–Crippen MR) is 76.9 cm³/mol. The van der Waals surface area contributed by atoms with Gasteiger partial charge in [-0.15, -0.1) is 0 Å². The van der Waals surface area contributed by atoms with Crippen molar-refractivity contribution in [2.45, 2.75) is 82.3 Å². The topological polar surface area (TPSA) is 32.3 Å². The number of piperidine rings is 1. The van der Waals surface area contributed by atoms with Crippen LogP contribution in [0.3, 0.4) is 0 Å². The molecular formula is C16H28N2O. The molecule has 3 rings (SSSR count). The van der Waals surface area contributed by atoms with E-state index >= 15 is 0 Å². The van der Waals surface area contributed by atoms with Gasteiger partial charge < -0.3 is 10.2 Å². The summed E-state index contributed by atoms with van der Waals surface area (Å²) in [6, 6.07) is 1.84. The quantitative estimate of drug-likeness (QED) is 0.778. The second kappa shape index (κ2) is 5.82. The van der Waals surface area contributed by atoms with Crippen LogP contribution in [0, 0.1) is 5.92 Å². The van der Waals surface area contributed by atoms with Crippen LogP contribution in [-0.2, 0) is 4.79 Å². The molecule has 108 valence electrons. The third kappa shape index (κ3) is 2.96. The van der Waals surface area contributed by atoms with Crippen LogP contribution >= 0.6 is 0 Å². The van der Waals surface area contributed by atoms with Gasteiger partial charge in [0.05, 0.1) is 0 Å². The fourth-order valence-corrected chi connectivity index (χ4v) is 4.34. The molecule has 2 unspecified atom stereocenters. The van der Waals surface area contributed by atoms with E-state index in [0.29, 0.717) is 30.0 Å². The summed E-state index contributed by atoms with van der Waals surface area (Å²) in [7, 11) is 2.06. The van der Waals surface area contributed by atoms with Gasteiger partial charge in [-0.3, -0.25) is 4.79 Å². The Bertz CT molecular complexity index is 311. The third-order valence-electron chi connectivity index (χ3n) is 5.55. The lowest BCUT2D eigenvalue weighted by Gasteiger charge is -2.37. The van der Waals surface area contributed by atoms with Gasteiger partial charge in [-0.2, -0.15) is 0 Å². The predicted octanol–water partition coefficient (Wildman–Crippen LogP) is 2.70. The van der Waals surface area contributed by atoms with Gasteiger partial charge in [0, 0.05) is 31.1 Å². The number of nitrogens with zero attached hydrogens (tertiary/aromatic N) is 1. The van der Waals surface area contributed by atoms with Crippen LogP contribution in [-0.4, -0.2) is 36.0 Å². The van der Waals surface area contributed by atoms with E-state index in [2.05, 4.69) is 17.3 Å². The van der Waals surface area contributed by atoms with Gasteiger partial charge in [0.1, 0.15) is 0 Å². The highest BCUT2D eigenvalue weighted by atomic mass is 16.2. The first-order valence-corrected chi connectivity index (χ1v) is 8.27. The van der Waals surface area contributed by atoms with Crippen molar-refractivity contribution in [1.82, 2.24) is 10.2 Å². The number of hydrogen-bond donors (Lipinski definition) is 1. The van der Waals surface area contributed by atoms with Crippen LogP contribution in [0.25, 0.3) is 0 Å². The molecule has 0 aromatic carbocycles. The molecule has 3 nitrogen and oxygen atoms in total. The van der Waals surface area contributed by atoms with Crippen molar-refractivity contribution in [2.75, 3.05) is 7.05 Å². The molecule has 3 heteroatoms. The van der Waals surface area contributed by atoms with E-state index in [1.807, 2.05) is 0 Å². The molecule has 1 saturated carbocycles. The van der Waals surface area contributed by atoms with Gasteiger partial charge >= 0.3 is 0 Å². The van der Waals surface area contributed by atoms with Crippen molar-refractivity contribution in [1.29, 1.82) is 0 Å². The molecule has 2 bridgehead atoms. The molecule has 0 radical (unpaired) electrons. The molecule has 0 aromatic heterocycles. The molecule has 3 fully saturated rings. The summed E-state index contributed by atoms with van der Waals surface area (Å²) < 4.78 is 0. The Morgan fingerprint density at radius 2 is 1.53 bits per heavy atom. The first-order chi connectivity index (χ1) is 9.24. The standard InChI is InChI=1S/C16H28N2O/c1-18(15-10-13-8-9-14(11-15)17-13)16(19)12-6-4-2-3-5-7-12/h12-15,17H,2-11H2,1H3. The number of carbonyl (C=O) groups excluding carboxylic acids is 1. The SMILES string of the molecule is CN(C(=O)C1CCCCCC1)C1CC2CCC(C1)N2. The average Bonchev–Trinajstić information content (AvgIpc) is 2.66. The zero-order valence-corrected chi connectivity index (χ0v) is 12.2. The number of nitrogens with one attached hydrogen (secondary N) is 1. The molecule has 1 N–H and O–H groups in total. The van der Waals surface area contributed by atoms with Gasteiger partial charge in [-0.1, -0.05) is 25.7 Å². The van der Waals surface area contributed by atoms with E-state index in [9.17, 15) is 4.79 Å². The van der Waals surface area contributed by atoms with Crippen molar-refractivity contribution >= 4 is 5.91 Å². The Labute approximate surface area is 117 Å². The largest absolute Gasteiger partial charge is 0.342 e. The molecule has 3 aliphatic rings. The zero-order chi connectivity index (χ0) is 13.2. The molecule has 2 aliphatic heterocycles. The first kappa shape index (κ1) is 13.4. The fourth-order valence-electron chi connectivity index (χ4n) is 4.34. The molecule has 1 amide bonds. The number of amides is 1. The monoisotopic (exact) mass is 264 g/mol. The van der Waals surface area contributed by atoms with Crippen molar-refractivity contribution in [3.63, 3.8) is 0 Å². The second-order valence-corrected chi connectivity index (χ2v) is 6.90. The van der Waals surface area contributed by atoms with Crippen molar-refractivity contribution in [3.05, 3.63) is 0 Å². The Morgan fingerprint density at radius 1 is 0.947 bits per heavy atom. The van der Waals surface area contributed by atoms with Gasteiger partial charge in [-0.05, 0) is 38.5 Å². The molecular weight excluding hydrogens is 236 g/mol. The van der Waals surface area contributed by atoms with E-state index in [0.717, 1.165) is 12.8 Å². The van der Waals surface area contributed by atoms with Gasteiger partial charge in [0.25, 0.3) is 0 Å². The Morgan fingerprint density at radius 3 is 2.11 bits per heavy atom. The second-order valence-electron chi connectivity index (χ2n) is 6.90. The third-order valence-corrected chi connectivity index (χ3v) is 5.55. The highest BCUT2D eigenvalue weighted by Gasteiger charge is 2.37. The molecule has 2 atom stereocenters. The summed E-state index contributed by atoms with van der Waals surface area (Å²) >= 11 is 0. The Balaban J connectivity index is 1.59. The number of rotatable bonds is 2. The van der Waals surface area contributed by atoms with E-state index in [1.165, 1.54) is 51.4 Å². The minimum Gasteiger partial charge on any atom is -0.342 e. The summed E-state index contributed by atoms with van der Waals surface area (Å²) in [5.41, 5.74) is 0. The summed E-state index contributed by atoms with van der Waals surface area (Å²) in [6.07, 6.45) is 12.4. The Hall–Kier alpha value is -0.570. The van der Waals surface area contributed by atoms with Crippen LogP contribution in [0.2, 0.25) is 0 Å². The van der Waals surface area contributed by atoms with Crippen LogP contribution in [0.1, 0.15) is 64.2 Å². The van der Waals surface area contributed by atoms with E-state index in [-0.39, 0.29) is 0 Å². The van der Waals surface area contributed by atoms with Gasteiger partial charge in [0.2, 0.25) is 5.91 Å². The highest BCUT2D eigenvalue weighted by molar-refractivity contribution is 5.79. The lowest BCUT2D eigenvalue weighted by atomic mass is 9.94. The molecule has 0 spiro atoms. The molecule has 0 aromatic rings. The Kier molecular flexibility index (Phi) is 4.11. The molecule has 2 saturated heterocycles. The highest BCUT2D eigenvalue weighted by Crippen LogP contribution is 2.31. The van der Waals surface area contributed by atoms with Crippen molar-refractivity contribution < 1.29 is 4.79 Å². The maximum Gasteiger partial charge on any atom is 0.225 e. The molecule has 1 aliphatic carbocycles. The van der Waals surface area contributed by atoms with Crippen LogP contribution < -0.4 is 5.32 Å². The zero-order valence-electron chi connectivity index (χ0n) is 12.2. The van der Waals surface area contributed by atoms with E-state index in [1.54, 1.807) is 0 Å². The lowest BCUT2D eigenvalue weighted by molar-refractivity contribution is -0.137. The minimum absolute atomic E-state index is 0.319. The average molecular weight is 264 g/mol. The normalized spacial score (nSPS) is 35.9. The van der Waals surface area contributed by atoms with Gasteiger partial charge in [0.15, 0.2) is 0 Å². The van der Waals surface area contributed by atoms with Gasteiger partial charge in [-0.25, -0.2) is 0 Å². The number of fused-ring (bicyclic) bond motifs is 2. The smallest absolute Gasteiger partial charge is 0.225 e. The first-order valence-electron chi connectivity index (χ1n) is 8.27. The van der Waals surface area contributed by atoms with Crippen LogP contribution in [0.15, 0.2) is 0 Å². The fraction of sp³-hybridized carbons (Fsp3) is 0.938. The molecule has 2 heterocycles. The maximum atomic E-state index is 12.7. The summed E-state index contributed by atoms with van der Waals surface area (Å²) in [5, 5.41) is 3.67. The van der Waals surface area contributed by atoms with E-state index < -0.39 is 0 Å². The minimum atomic E-state index is 0.319. The van der Waals surface area contributed by atoms with E-state index in [4.69, 9.17) is 0 Å².